The molecule has 1 amide bonds. The maximum absolute atomic E-state index is 11.8. The number of aromatic nitrogens is 1. The Morgan fingerprint density at radius 2 is 2.39 bits per heavy atom. The summed E-state index contributed by atoms with van der Waals surface area (Å²) in [6, 6.07) is 6.92. The van der Waals surface area contributed by atoms with Crippen molar-refractivity contribution in [3.05, 3.63) is 40.9 Å². The molecule has 1 heterocycles. The smallest absolute Gasteiger partial charge is 0.266 e. The minimum atomic E-state index is -0.618. The zero-order valence-corrected chi connectivity index (χ0v) is 11.2. The number of benzene rings is 1. The van der Waals surface area contributed by atoms with Crippen molar-refractivity contribution in [1.82, 2.24) is 4.98 Å². The van der Waals surface area contributed by atoms with Crippen LogP contribution in [0.15, 0.2) is 35.8 Å². The Morgan fingerprint density at radius 3 is 3.06 bits per heavy atom. The van der Waals surface area contributed by atoms with Gasteiger partial charge in [-0.1, -0.05) is 17.7 Å². The van der Waals surface area contributed by atoms with Crippen LogP contribution in [0.25, 0.3) is 0 Å². The highest BCUT2D eigenvalue weighted by Gasteiger charge is 2.15. The Hall–Kier alpha value is -1.59. The summed E-state index contributed by atoms with van der Waals surface area (Å²) in [5.74, 6) is 0.314. The lowest BCUT2D eigenvalue weighted by atomic mass is 10.3. The van der Waals surface area contributed by atoms with Gasteiger partial charge in [0, 0.05) is 16.6 Å². The van der Waals surface area contributed by atoms with Gasteiger partial charge in [-0.25, -0.2) is 4.98 Å². The molecule has 0 fully saturated rings. The van der Waals surface area contributed by atoms with Crippen LogP contribution in [0.3, 0.4) is 0 Å². The summed E-state index contributed by atoms with van der Waals surface area (Å²) in [5, 5.41) is 5.58. The minimum Gasteiger partial charge on any atom is -0.481 e. The van der Waals surface area contributed by atoms with E-state index < -0.39 is 6.10 Å². The molecule has 6 heteroatoms. The number of carbonyl (C=O) groups is 1. The second-order valence-corrected chi connectivity index (χ2v) is 4.87. The predicted octanol–water partition coefficient (Wildman–Crippen LogP) is 3.20. The molecule has 0 aliphatic rings. The van der Waals surface area contributed by atoms with Crippen molar-refractivity contribution in [2.24, 2.45) is 0 Å². The fourth-order valence-corrected chi connectivity index (χ4v) is 2.00. The Bertz CT molecular complexity index is 531. The summed E-state index contributed by atoms with van der Waals surface area (Å²) >= 11 is 7.19. The van der Waals surface area contributed by atoms with Gasteiger partial charge >= 0.3 is 0 Å². The van der Waals surface area contributed by atoms with Gasteiger partial charge < -0.3 is 4.74 Å². The van der Waals surface area contributed by atoms with Gasteiger partial charge in [-0.2, -0.15) is 0 Å². The SMILES string of the molecule is C[C@@H](Oc1cccc(Cl)c1)C(=O)Nc1nccs1. The number of nitrogens with zero attached hydrogens (tertiary/aromatic N) is 1. The molecule has 0 spiro atoms. The van der Waals surface area contributed by atoms with Crippen molar-refractivity contribution in [3.8, 4) is 5.75 Å². The molecule has 1 aromatic heterocycles. The summed E-state index contributed by atoms with van der Waals surface area (Å²) < 4.78 is 5.49. The third-order valence-corrected chi connectivity index (χ3v) is 3.06. The van der Waals surface area contributed by atoms with Gasteiger partial charge in [0.25, 0.3) is 5.91 Å². The zero-order chi connectivity index (χ0) is 13.0. The second-order valence-electron chi connectivity index (χ2n) is 3.54. The molecule has 4 nitrogen and oxygen atoms in total. The molecule has 2 aromatic rings. The van der Waals surface area contributed by atoms with E-state index in [1.54, 1.807) is 42.8 Å². The van der Waals surface area contributed by atoms with Crippen LogP contribution in [0, 0.1) is 0 Å². The van der Waals surface area contributed by atoms with E-state index in [9.17, 15) is 4.79 Å². The van der Waals surface area contributed by atoms with Gasteiger partial charge in [-0.05, 0) is 25.1 Å². The van der Waals surface area contributed by atoms with Crippen LogP contribution in [-0.4, -0.2) is 17.0 Å². The van der Waals surface area contributed by atoms with E-state index in [2.05, 4.69) is 10.3 Å². The standard InChI is InChI=1S/C12H11ClN2O2S/c1-8(11(16)15-12-14-5-6-18-12)17-10-4-2-3-9(13)7-10/h2-8H,1H3,(H,14,15,16)/t8-/m1/s1. The summed E-state index contributed by atoms with van der Waals surface area (Å²) in [7, 11) is 0. The van der Waals surface area contributed by atoms with E-state index in [0.717, 1.165) is 0 Å². The van der Waals surface area contributed by atoms with Gasteiger partial charge in [-0.3, -0.25) is 10.1 Å². The van der Waals surface area contributed by atoms with Crippen LogP contribution in [0.1, 0.15) is 6.92 Å². The maximum atomic E-state index is 11.8. The van der Waals surface area contributed by atoms with Crippen LogP contribution in [0.4, 0.5) is 5.13 Å². The number of rotatable bonds is 4. The van der Waals surface area contributed by atoms with Gasteiger partial charge in [0.15, 0.2) is 11.2 Å². The predicted molar refractivity (Wildman–Crippen MR) is 72.3 cm³/mol. The van der Waals surface area contributed by atoms with E-state index in [1.165, 1.54) is 11.3 Å². The molecule has 0 saturated heterocycles. The molecule has 0 aliphatic heterocycles. The molecule has 1 atom stereocenters. The molecular weight excluding hydrogens is 272 g/mol. The van der Waals surface area contributed by atoms with Crippen LogP contribution in [0.5, 0.6) is 5.75 Å². The zero-order valence-electron chi connectivity index (χ0n) is 9.59. The van der Waals surface area contributed by atoms with E-state index in [0.29, 0.717) is 15.9 Å². The van der Waals surface area contributed by atoms with Gasteiger partial charge in [0.05, 0.1) is 0 Å². The first kappa shape index (κ1) is 12.9. The number of hydrogen-bond donors (Lipinski definition) is 1. The number of carbonyl (C=O) groups excluding carboxylic acids is 1. The van der Waals surface area contributed by atoms with Crippen molar-refractivity contribution in [2.75, 3.05) is 5.32 Å². The molecule has 2 rings (SSSR count). The third kappa shape index (κ3) is 3.45. The average Bonchev–Trinajstić information content (AvgIpc) is 2.81. The van der Waals surface area contributed by atoms with Crippen LogP contribution < -0.4 is 10.1 Å². The van der Waals surface area contributed by atoms with E-state index in [1.807, 2.05) is 0 Å². The summed E-state index contributed by atoms with van der Waals surface area (Å²) in [6.07, 6.45) is 1.01. The van der Waals surface area contributed by atoms with Gasteiger partial charge in [0.2, 0.25) is 0 Å². The molecule has 18 heavy (non-hydrogen) atoms. The first-order chi connectivity index (χ1) is 8.65. The molecule has 0 saturated carbocycles. The first-order valence-electron chi connectivity index (χ1n) is 5.28. The van der Waals surface area contributed by atoms with E-state index >= 15 is 0 Å². The number of thiazole rings is 1. The fourth-order valence-electron chi connectivity index (χ4n) is 1.29. The van der Waals surface area contributed by atoms with Gasteiger partial charge in [0.1, 0.15) is 5.75 Å². The highest BCUT2D eigenvalue weighted by molar-refractivity contribution is 7.13. The lowest BCUT2D eigenvalue weighted by molar-refractivity contribution is -0.122. The summed E-state index contributed by atoms with van der Waals surface area (Å²) in [6.45, 7) is 1.67. The lowest BCUT2D eigenvalue weighted by Crippen LogP contribution is -2.30. The maximum Gasteiger partial charge on any atom is 0.266 e. The molecule has 0 radical (unpaired) electrons. The number of halogens is 1. The number of amides is 1. The topological polar surface area (TPSA) is 51.2 Å². The van der Waals surface area contributed by atoms with Crippen molar-refractivity contribution in [2.45, 2.75) is 13.0 Å². The number of ether oxygens (including phenoxy) is 1. The minimum absolute atomic E-state index is 0.245. The molecule has 0 bridgehead atoms. The molecule has 0 aliphatic carbocycles. The number of hydrogen-bond acceptors (Lipinski definition) is 4. The molecule has 1 aromatic carbocycles. The Balaban J connectivity index is 1.95. The summed E-state index contributed by atoms with van der Waals surface area (Å²) in [5.41, 5.74) is 0. The normalized spacial score (nSPS) is 11.9. The highest BCUT2D eigenvalue weighted by atomic mass is 35.5. The van der Waals surface area contributed by atoms with Crippen LogP contribution in [0.2, 0.25) is 5.02 Å². The largest absolute Gasteiger partial charge is 0.481 e. The molecule has 94 valence electrons. The Kier molecular flexibility index (Phi) is 4.17. The van der Waals surface area contributed by atoms with E-state index in [4.69, 9.17) is 16.3 Å². The highest BCUT2D eigenvalue weighted by Crippen LogP contribution is 2.19. The quantitative estimate of drug-likeness (QED) is 0.937. The molecule has 0 unspecified atom stereocenters. The molecule has 1 N–H and O–H groups in total. The monoisotopic (exact) mass is 282 g/mol. The average molecular weight is 283 g/mol. The van der Waals surface area contributed by atoms with Crippen molar-refractivity contribution in [1.29, 1.82) is 0 Å². The van der Waals surface area contributed by atoms with Crippen molar-refractivity contribution >= 4 is 34.0 Å². The third-order valence-electron chi connectivity index (χ3n) is 2.14. The first-order valence-corrected chi connectivity index (χ1v) is 6.53. The van der Waals surface area contributed by atoms with Crippen LogP contribution >= 0.6 is 22.9 Å². The number of anilines is 1. The fraction of sp³-hybridized carbons (Fsp3) is 0.167. The van der Waals surface area contributed by atoms with Crippen molar-refractivity contribution < 1.29 is 9.53 Å². The second kappa shape index (κ2) is 5.84. The van der Waals surface area contributed by atoms with Crippen molar-refractivity contribution in [3.63, 3.8) is 0 Å². The number of nitrogens with one attached hydrogen (secondary N) is 1. The Labute approximate surface area is 114 Å². The van der Waals surface area contributed by atoms with E-state index in [-0.39, 0.29) is 5.91 Å². The van der Waals surface area contributed by atoms with Crippen LogP contribution in [-0.2, 0) is 4.79 Å². The Morgan fingerprint density at radius 1 is 1.56 bits per heavy atom. The van der Waals surface area contributed by atoms with Gasteiger partial charge in [-0.15, -0.1) is 11.3 Å². The molecular formula is C12H11ClN2O2S. The lowest BCUT2D eigenvalue weighted by Gasteiger charge is -2.13. The summed E-state index contributed by atoms with van der Waals surface area (Å²) in [4.78, 5) is 15.8.